The first kappa shape index (κ1) is 15.8. The zero-order valence-corrected chi connectivity index (χ0v) is 15.3. The van der Waals surface area contributed by atoms with Crippen LogP contribution in [-0.2, 0) is 5.41 Å². The van der Waals surface area contributed by atoms with Crippen LogP contribution in [0.5, 0.6) is 0 Å². The summed E-state index contributed by atoms with van der Waals surface area (Å²) < 4.78 is 0. The largest absolute Gasteiger partial charge is 0.378 e. The fourth-order valence-electron chi connectivity index (χ4n) is 4.09. The van der Waals surface area contributed by atoms with Gasteiger partial charge in [-0.3, -0.25) is 0 Å². The molecule has 1 aliphatic heterocycles. The molecule has 24 heavy (non-hydrogen) atoms. The van der Waals surface area contributed by atoms with Crippen molar-refractivity contribution in [3.63, 3.8) is 0 Å². The third kappa shape index (κ3) is 2.65. The topological polar surface area (TPSA) is 12.0 Å². The zero-order chi connectivity index (χ0) is 16.9. The first-order valence-electron chi connectivity index (χ1n) is 8.76. The number of benzene rings is 2. The number of anilines is 1. The van der Waals surface area contributed by atoms with E-state index in [2.05, 4.69) is 74.6 Å². The lowest BCUT2D eigenvalue weighted by atomic mass is 9.76. The number of nitrogens with one attached hydrogen (secondary N) is 1. The van der Waals surface area contributed by atoms with E-state index in [9.17, 15) is 0 Å². The Hall–Kier alpha value is -1.73. The molecule has 2 aromatic rings. The second-order valence-electron chi connectivity index (χ2n) is 8.08. The van der Waals surface area contributed by atoms with Crippen LogP contribution < -0.4 is 5.32 Å². The molecule has 0 spiro atoms. The van der Waals surface area contributed by atoms with Crippen LogP contribution in [-0.4, -0.2) is 0 Å². The predicted octanol–water partition coefficient (Wildman–Crippen LogP) is 6.46. The van der Waals surface area contributed by atoms with Gasteiger partial charge in [-0.1, -0.05) is 68.8 Å². The van der Waals surface area contributed by atoms with Crippen LogP contribution in [0.1, 0.15) is 55.8 Å². The lowest BCUT2D eigenvalue weighted by Crippen LogP contribution is -2.29. The third-order valence-electron chi connectivity index (χ3n) is 5.46. The molecule has 2 heteroatoms. The molecule has 1 aliphatic carbocycles. The van der Waals surface area contributed by atoms with Crippen LogP contribution in [0.25, 0.3) is 0 Å². The average molecular weight is 338 g/mol. The van der Waals surface area contributed by atoms with Gasteiger partial charge in [0, 0.05) is 16.6 Å². The molecule has 0 saturated carbocycles. The normalized spacial score (nSPS) is 25.1. The molecule has 1 nitrogen and oxygen atoms in total. The van der Waals surface area contributed by atoms with E-state index < -0.39 is 0 Å². The van der Waals surface area contributed by atoms with Crippen molar-refractivity contribution < 1.29 is 0 Å². The fourth-order valence-corrected chi connectivity index (χ4v) is 4.27. The maximum atomic E-state index is 6.23. The van der Waals surface area contributed by atoms with Crippen molar-refractivity contribution in [3.05, 3.63) is 76.3 Å². The molecule has 0 radical (unpaired) electrons. The summed E-state index contributed by atoms with van der Waals surface area (Å²) in [5.41, 5.74) is 5.51. The van der Waals surface area contributed by atoms with Gasteiger partial charge in [-0.25, -0.2) is 0 Å². The summed E-state index contributed by atoms with van der Waals surface area (Å²) in [5.74, 6) is 1.03. The highest BCUT2D eigenvalue weighted by molar-refractivity contribution is 6.30. The Morgan fingerprint density at radius 1 is 1.04 bits per heavy atom. The summed E-state index contributed by atoms with van der Waals surface area (Å²) in [6, 6.07) is 15.7. The Labute approximate surface area is 149 Å². The first-order chi connectivity index (χ1) is 11.4. The van der Waals surface area contributed by atoms with Gasteiger partial charge in [-0.05, 0) is 52.6 Å². The van der Waals surface area contributed by atoms with E-state index in [0.29, 0.717) is 17.9 Å². The van der Waals surface area contributed by atoms with Gasteiger partial charge in [-0.2, -0.15) is 0 Å². The van der Waals surface area contributed by atoms with E-state index in [4.69, 9.17) is 11.6 Å². The lowest BCUT2D eigenvalue weighted by molar-refractivity contribution is 0.425. The third-order valence-corrected chi connectivity index (χ3v) is 5.70. The molecule has 0 amide bonds. The quantitative estimate of drug-likeness (QED) is 0.588. The zero-order valence-electron chi connectivity index (χ0n) is 14.5. The van der Waals surface area contributed by atoms with Gasteiger partial charge >= 0.3 is 0 Å². The van der Waals surface area contributed by atoms with Gasteiger partial charge in [0.1, 0.15) is 0 Å². The van der Waals surface area contributed by atoms with Gasteiger partial charge in [0.25, 0.3) is 0 Å². The molecule has 0 unspecified atom stereocenters. The van der Waals surface area contributed by atoms with E-state index in [1.54, 1.807) is 0 Å². The van der Waals surface area contributed by atoms with Crippen LogP contribution in [0, 0.1) is 5.92 Å². The average Bonchev–Trinajstić information content (AvgIpc) is 3.03. The van der Waals surface area contributed by atoms with Gasteiger partial charge in [0.05, 0.1) is 6.04 Å². The number of allylic oxidation sites excluding steroid dienone is 2. The molecule has 124 valence electrons. The highest BCUT2D eigenvalue weighted by Gasteiger charge is 2.37. The number of fused-ring (bicyclic) bond motifs is 3. The molecule has 0 saturated heterocycles. The summed E-state index contributed by atoms with van der Waals surface area (Å²) in [6.07, 6.45) is 5.80. The molecule has 2 aromatic carbocycles. The molecule has 0 fully saturated rings. The van der Waals surface area contributed by atoms with Gasteiger partial charge in [-0.15, -0.1) is 0 Å². The smallest absolute Gasteiger partial charge is 0.0553 e. The maximum Gasteiger partial charge on any atom is 0.0553 e. The highest BCUT2D eigenvalue weighted by atomic mass is 35.5. The Kier molecular flexibility index (Phi) is 3.73. The fraction of sp³-hybridized carbons (Fsp3) is 0.364. The minimum atomic E-state index is 0.194. The maximum absolute atomic E-state index is 6.23. The predicted molar refractivity (Wildman–Crippen MR) is 103 cm³/mol. The van der Waals surface area contributed by atoms with E-state index in [-0.39, 0.29) is 5.41 Å². The van der Waals surface area contributed by atoms with Gasteiger partial charge < -0.3 is 5.32 Å². The molecule has 1 heterocycles. The molecule has 4 rings (SSSR count). The number of hydrogen-bond acceptors (Lipinski definition) is 1. The van der Waals surface area contributed by atoms with Crippen LogP contribution in [0.3, 0.4) is 0 Å². The molecular weight excluding hydrogens is 314 g/mol. The van der Waals surface area contributed by atoms with Crippen molar-refractivity contribution in [2.75, 3.05) is 5.32 Å². The SMILES string of the molecule is CC(C)(C)c1ccc([C@@H]2Nc3ccc(Cl)cc3[C@@H]3C=CC[C@@H]32)cc1. The summed E-state index contributed by atoms with van der Waals surface area (Å²) in [6.45, 7) is 6.79. The second-order valence-corrected chi connectivity index (χ2v) is 8.52. The van der Waals surface area contributed by atoms with E-state index >= 15 is 0 Å². The number of rotatable bonds is 1. The van der Waals surface area contributed by atoms with Crippen LogP contribution in [0.2, 0.25) is 5.02 Å². The van der Waals surface area contributed by atoms with Crippen molar-refractivity contribution in [2.45, 2.75) is 44.6 Å². The van der Waals surface area contributed by atoms with Crippen molar-refractivity contribution in [2.24, 2.45) is 5.92 Å². The van der Waals surface area contributed by atoms with Crippen molar-refractivity contribution in [3.8, 4) is 0 Å². The lowest BCUT2D eigenvalue weighted by Gasteiger charge is -2.37. The number of hydrogen-bond donors (Lipinski definition) is 1. The molecule has 3 atom stereocenters. The summed E-state index contributed by atoms with van der Waals surface area (Å²) >= 11 is 6.23. The standard InChI is InChI=1S/C22H24ClN/c1-22(2,3)15-9-7-14(8-10-15)21-18-6-4-5-17(18)19-13-16(23)11-12-20(19)24-21/h4-5,7-13,17-18,21,24H,6H2,1-3H3/t17-,18+,21+/m1/s1. The van der Waals surface area contributed by atoms with E-state index in [0.717, 1.165) is 11.4 Å². The van der Waals surface area contributed by atoms with Gasteiger partial charge in [0.15, 0.2) is 0 Å². The van der Waals surface area contributed by atoms with Crippen LogP contribution in [0.15, 0.2) is 54.6 Å². The highest BCUT2D eigenvalue weighted by Crippen LogP contribution is 2.50. The Morgan fingerprint density at radius 2 is 1.79 bits per heavy atom. The van der Waals surface area contributed by atoms with E-state index in [1.807, 2.05) is 6.07 Å². The molecular formula is C22H24ClN. The minimum absolute atomic E-state index is 0.194. The van der Waals surface area contributed by atoms with E-state index in [1.165, 1.54) is 22.4 Å². The molecule has 0 aromatic heterocycles. The molecule has 2 aliphatic rings. The Morgan fingerprint density at radius 3 is 2.50 bits per heavy atom. The van der Waals surface area contributed by atoms with Crippen molar-refractivity contribution in [1.82, 2.24) is 0 Å². The number of halogens is 1. The summed E-state index contributed by atoms with van der Waals surface area (Å²) in [7, 11) is 0. The molecule has 1 N–H and O–H groups in total. The van der Waals surface area contributed by atoms with Crippen molar-refractivity contribution >= 4 is 17.3 Å². The minimum Gasteiger partial charge on any atom is -0.378 e. The summed E-state index contributed by atoms with van der Waals surface area (Å²) in [5, 5.41) is 4.59. The Balaban J connectivity index is 1.71. The monoisotopic (exact) mass is 337 g/mol. The van der Waals surface area contributed by atoms with Crippen LogP contribution >= 0.6 is 11.6 Å². The summed E-state index contributed by atoms with van der Waals surface area (Å²) in [4.78, 5) is 0. The van der Waals surface area contributed by atoms with Crippen molar-refractivity contribution in [1.29, 1.82) is 0 Å². The van der Waals surface area contributed by atoms with Crippen LogP contribution in [0.4, 0.5) is 5.69 Å². The molecule has 0 bridgehead atoms. The Bertz CT molecular complexity index is 783. The second kappa shape index (κ2) is 5.67. The van der Waals surface area contributed by atoms with Gasteiger partial charge in [0.2, 0.25) is 0 Å². The first-order valence-corrected chi connectivity index (χ1v) is 9.14.